The van der Waals surface area contributed by atoms with Crippen LogP contribution >= 0.6 is 23.2 Å². The third-order valence-corrected chi connectivity index (χ3v) is 5.35. The molecule has 1 aromatic carbocycles. The van der Waals surface area contributed by atoms with Gasteiger partial charge in [-0.2, -0.15) is 5.10 Å². The zero-order chi connectivity index (χ0) is 15.5. The Kier molecular flexibility index (Phi) is 5.49. The minimum Gasteiger partial charge on any atom is -0.360 e. The summed E-state index contributed by atoms with van der Waals surface area (Å²) in [6.07, 6.45) is 3.72. The smallest absolute Gasteiger partial charge is 0.139 e. The van der Waals surface area contributed by atoms with Crippen molar-refractivity contribution in [2.75, 3.05) is 6.61 Å². The third-order valence-electron chi connectivity index (χ3n) is 3.10. The lowest BCUT2D eigenvalue weighted by atomic mass is 10.1. The summed E-state index contributed by atoms with van der Waals surface area (Å²) in [5.41, 5.74) is 1.89. The molecule has 6 heteroatoms. The van der Waals surface area contributed by atoms with E-state index in [1.54, 1.807) is 16.9 Å². The number of aromatic nitrogens is 2. The van der Waals surface area contributed by atoms with Crippen LogP contribution in [0.1, 0.15) is 0 Å². The number of rotatable bonds is 6. The van der Waals surface area contributed by atoms with Crippen molar-refractivity contribution in [3.05, 3.63) is 40.6 Å². The van der Waals surface area contributed by atoms with E-state index in [9.17, 15) is 0 Å². The monoisotopic (exact) mass is 342 g/mol. The fourth-order valence-corrected chi connectivity index (χ4v) is 3.11. The minimum atomic E-state index is -1.04. The van der Waals surface area contributed by atoms with Gasteiger partial charge in [-0.05, 0) is 18.2 Å². The second-order valence-electron chi connectivity index (χ2n) is 6.24. The van der Waals surface area contributed by atoms with Crippen LogP contribution in [0.25, 0.3) is 11.1 Å². The van der Waals surface area contributed by atoms with Crippen LogP contribution in [-0.2, 0) is 11.5 Å². The number of nitrogens with zero attached hydrogens (tertiary/aromatic N) is 2. The van der Waals surface area contributed by atoms with Crippen LogP contribution in [0.5, 0.6) is 0 Å². The summed E-state index contributed by atoms with van der Waals surface area (Å²) in [4.78, 5) is 0. The zero-order valence-corrected chi connectivity index (χ0v) is 15.1. The molecule has 0 aliphatic rings. The molecule has 0 N–H and O–H groups in total. The van der Waals surface area contributed by atoms with E-state index in [-0.39, 0.29) is 0 Å². The Morgan fingerprint density at radius 3 is 2.67 bits per heavy atom. The summed E-state index contributed by atoms with van der Waals surface area (Å²) in [7, 11) is -1.04. The molecule has 2 aromatic rings. The lowest BCUT2D eigenvalue weighted by molar-refractivity contribution is 0.0786. The molecule has 0 saturated carbocycles. The molecule has 0 saturated heterocycles. The lowest BCUT2D eigenvalue weighted by Gasteiger charge is -2.15. The summed E-state index contributed by atoms with van der Waals surface area (Å²) in [5, 5.41) is 5.56. The summed E-state index contributed by atoms with van der Waals surface area (Å²) in [6.45, 7) is 8.27. The number of halogens is 2. The van der Waals surface area contributed by atoms with E-state index in [0.29, 0.717) is 16.8 Å². The van der Waals surface area contributed by atoms with Crippen LogP contribution in [0.4, 0.5) is 0 Å². The Labute approximate surface area is 136 Å². The fourth-order valence-electron chi connectivity index (χ4n) is 1.83. The van der Waals surface area contributed by atoms with Gasteiger partial charge in [0.2, 0.25) is 0 Å². The summed E-state index contributed by atoms with van der Waals surface area (Å²) >= 11 is 12.1. The van der Waals surface area contributed by atoms with Gasteiger partial charge >= 0.3 is 0 Å². The van der Waals surface area contributed by atoms with E-state index in [1.165, 1.54) is 0 Å². The molecule has 1 heterocycles. The molecule has 3 nitrogen and oxygen atoms in total. The predicted molar refractivity (Wildman–Crippen MR) is 91.8 cm³/mol. The molecular weight excluding hydrogens is 323 g/mol. The molecular formula is C15H20Cl2N2OSi. The van der Waals surface area contributed by atoms with Crippen LogP contribution in [0.3, 0.4) is 0 Å². The van der Waals surface area contributed by atoms with Crippen molar-refractivity contribution >= 4 is 31.3 Å². The average Bonchev–Trinajstić information content (AvgIpc) is 2.82. The molecule has 0 atom stereocenters. The lowest BCUT2D eigenvalue weighted by Crippen LogP contribution is -2.22. The predicted octanol–water partition coefficient (Wildman–Crippen LogP) is 5.17. The Morgan fingerprint density at radius 1 is 1.24 bits per heavy atom. The quantitative estimate of drug-likeness (QED) is 0.534. The van der Waals surface area contributed by atoms with Crippen LogP contribution in [-0.4, -0.2) is 24.5 Å². The van der Waals surface area contributed by atoms with Crippen LogP contribution in [0.15, 0.2) is 30.6 Å². The van der Waals surface area contributed by atoms with Gasteiger partial charge in [-0.3, -0.25) is 0 Å². The summed E-state index contributed by atoms with van der Waals surface area (Å²) < 4.78 is 7.46. The molecule has 1 aromatic heterocycles. The Morgan fingerprint density at radius 2 is 2.00 bits per heavy atom. The number of hydrogen-bond acceptors (Lipinski definition) is 2. The average molecular weight is 343 g/mol. The highest BCUT2D eigenvalue weighted by molar-refractivity contribution is 6.76. The van der Waals surface area contributed by atoms with Crippen molar-refractivity contribution in [2.24, 2.45) is 0 Å². The van der Waals surface area contributed by atoms with E-state index in [4.69, 9.17) is 27.9 Å². The second-order valence-corrected chi connectivity index (χ2v) is 12.7. The molecule has 0 aliphatic carbocycles. The van der Waals surface area contributed by atoms with Gasteiger partial charge in [0.15, 0.2) is 0 Å². The van der Waals surface area contributed by atoms with E-state index >= 15 is 0 Å². The van der Waals surface area contributed by atoms with Crippen LogP contribution in [0, 0.1) is 0 Å². The maximum Gasteiger partial charge on any atom is 0.139 e. The molecule has 0 aliphatic heterocycles. The van der Waals surface area contributed by atoms with Gasteiger partial charge in [-0.1, -0.05) is 48.9 Å². The Hall–Kier alpha value is -0.813. The first kappa shape index (κ1) is 16.6. The van der Waals surface area contributed by atoms with Gasteiger partial charge in [0.1, 0.15) is 6.73 Å². The molecule has 2 rings (SSSR count). The zero-order valence-electron chi connectivity index (χ0n) is 12.6. The first-order chi connectivity index (χ1) is 9.85. The van der Waals surface area contributed by atoms with Gasteiger partial charge in [0.05, 0.1) is 6.20 Å². The van der Waals surface area contributed by atoms with E-state index < -0.39 is 8.07 Å². The standard InChI is InChI=1S/C15H20Cl2N2OSi/c1-21(2,3)7-6-20-11-19-10-12(9-18-19)14-5-4-13(16)8-15(14)17/h4-5,8-10H,6-7,11H2,1-3H3. The molecule has 0 fully saturated rings. The van der Waals surface area contributed by atoms with Crippen LogP contribution in [0.2, 0.25) is 35.7 Å². The van der Waals surface area contributed by atoms with Gasteiger partial charge in [-0.25, -0.2) is 4.68 Å². The minimum absolute atomic E-state index is 0.468. The molecule has 0 radical (unpaired) electrons. The van der Waals surface area contributed by atoms with E-state index in [1.807, 2.05) is 18.3 Å². The van der Waals surface area contributed by atoms with Crippen LogP contribution < -0.4 is 0 Å². The highest BCUT2D eigenvalue weighted by atomic mass is 35.5. The molecule has 0 amide bonds. The van der Waals surface area contributed by atoms with Crippen molar-refractivity contribution in [3.8, 4) is 11.1 Å². The maximum atomic E-state index is 6.20. The van der Waals surface area contributed by atoms with Gasteiger partial charge < -0.3 is 4.74 Å². The van der Waals surface area contributed by atoms with Gasteiger partial charge in [0, 0.05) is 42.0 Å². The third kappa shape index (κ3) is 5.15. The molecule has 21 heavy (non-hydrogen) atoms. The van der Waals surface area contributed by atoms with Crippen molar-refractivity contribution in [1.29, 1.82) is 0 Å². The molecule has 0 unspecified atom stereocenters. The fraction of sp³-hybridized carbons (Fsp3) is 0.400. The molecule has 0 bridgehead atoms. The van der Waals surface area contributed by atoms with Gasteiger partial charge in [0.25, 0.3) is 0 Å². The Balaban J connectivity index is 1.95. The largest absolute Gasteiger partial charge is 0.360 e. The number of ether oxygens (including phenoxy) is 1. The first-order valence-corrected chi connectivity index (χ1v) is 11.4. The Bertz CT molecular complexity index is 608. The van der Waals surface area contributed by atoms with E-state index in [0.717, 1.165) is 23.8 Å². The van der Waals surface area contributed by atoms with Crippen molar-refractivity contribution in [1.82, 2.24) is 9.78 Å². The van der Waals surface area contributed by atoms with Crippen molar-refractivity contribution in [3.63, 3.8) is 0 Å². The molecule has 0 spiro atoms. The maximum absolute atomic E-state index is 6.20. The molecule has 114 valence electrons. The highest BCUT2D eigenvalue weighted by Crippen LogP contribution is 2.29. The van der Waals surface area contributed by atoms with Gasteiger partial charge in [-0.15, -0.1) is 0 Å². The summed E-state index contributed by atoms with van der Waals surface area (Å²) in [5.74, 6) is 0. The summed E-state index contributed by atoms with van der Waals surface area (Å²) in [6, 6.07) is 6.62. The second kappa shape index (κ2) is 6.96. The highest BCUT2D eigenvalue weighted by Gasteiger charge is 2.12. The SMILES string of the molecule is C[Si](C)(C)CCOCn1cc(-c2ccc(Cl)cc2Cl)cn1. The number of hydrogen-bond donors (Lipinski definition) is 0. The first-order valence-electron chi connectivity index (χ1n) is 6.91. The normalized spacial score (nSPS) is 11.9. The van der Waals surface area contributed by atoms with E-state index in [2.05, 4.69) is 24.7 Å². The van der Waals surface area contributed by atoms with Crippen molar-refractivity contribution in [2.45, 2.75) is 32.4 Å². The topological polar surface area (TPSA) is 27.1 Å². The van der Waals surface area contributed by atoms with Crippen molar-refractivity contribution < 1.29 is 4.74 Å². The number of benzene rings is 1.